The van der Waals surface area contributed by atoms with Gasteiger partial charge in [0.25, 0.3) is 0 Å². The highest BCUT2D eigenvalue weighted by Gasteiger charge is 2.10. The van der Waals surface area contributed by atoms with E-state index >= 15 is 0 Å². The van der Waals surface area contributed by atoms with Crippen molar-refractivity contribution < 1.29 is 14.6 Å². The van der Waals surface area contributed by atoms with E-state index in [0.29, 0.717) is 10.2 Å². The van der Waals surface area contributed by atoms with Gasteiger partial charge in [0, 0.05) is 11.5 Å². The first kappa shape index (κ1) is 11.6. The average molecular weight is 298 g/mol. The molecule has 0 amide bonds. The second-order valence-electron chi connectivity index (χ2n) is 3.25. The minimum Gasteiger partial charge on any atom is -0.478 e. The molecule has 1 heterocycles. The van der Waals surface area contributed by atoms with Crippen LogP contribution in [0.5, 0.6) is 11.8 Å². The van der Waals surface area contributed by atoms with Crippen LogP contribution < -0.4 is 4.74 Å². The molecule has 2 aromatic rings. The van der Waals surface area contributed by atoms with Gasteiger partial charge in [-0.05, 0) is 34.1 Å². The summed E-state index contributed by atoms with van der Waals surface area (Å²) in [5.74, 6) is -0.535. The quantitative estimate of drug-likeness (QED) is 0.938. The number of carbonyl (C=O) groups is 1. The summed E-state index contributed by atoms with van der Waals surface area (Å²) in [6.07, 6.45) is 1.51. The molecule has 0 aliphatic carbocycles. The third-order valence-corrected chi connectivity index (χ3v) is 2.61. The third-order valence-electron chi connectivity index (χ3n) is 1.96. The summed E-state index contributed by atoms with van der Waals surface area (Å²) >= 11 is 3.16. The van der Waals surface area contributed by atoms with Gasteiger partial charge in [-0.3, -0.25) is 4.68 Å². The Kier molecular flexibility index (Phi) is 3.10. The molecule has 0 aliphatic heterocycles. The van der Waals surface area contributed by atoms with Gasteiger partial charge in [-0.2, -0.15) is 4.98 Å². The van der Waals surface area contributed by atoms with Gasteiger partial charge in [0.15, 0.2) is 0 Å². The molecule has 0 saturated heterocycles. The number of hydrogen-bond donors (Lipinski definition) is 1. The van der Waals surface area contributed by atoms with Crippen molar-refractivity contribution in [3.8, 4) is 11.8 Å². The minimum atomic E-state index is -1.00. The molecule has 1 aromatic carbocycles. The first-order valence-corrected chi connectivity index (χ1v) is 5.42. The number of carboxylic acids is 1. The van der Waals surface area contributed by atoms with E-state index in [2.05, 4.69) is 26.0 Å². The summed E-state index contributed by atoms with van der Waals surface area (Å²) in [6.45, 7) is 0. The molecule has 7 heteroatoms. The van der Waals surface area contributed by atoms with E-state index in [-0.39, 0.29) is 11.6 Å². The molecule has 0 aliphatic rings. The molecule has 2 rings (SSSR count). The van der Waals surface area contributed by atoms with Crippen LogP contribution in [0.3, 0.4) is 0 Å². The molecule has 0 unspecified atom stereocenters. The van der Waals surface area contributed by atoms with Crippen LogP contribution in [0.1, 0.15) is 10.4 Å². The summed E-state index contributed by atoms with van der Waals surface area (Å²) in [4.78, 5) is 14.7. The number of benzene rings is 1. The number of nitrogens with zero attached hydrogens (tertiary/aromatic N) is 3. The van der Waals surface area contributed by atoms with Crippen molar-refractivity contribution in [3.63, 3.8) is 0 Å². The number of halogens is 1. The molecule has 0 fully saturated rings. The monoisotopic (exact) mass is 297 g/mol. The van der Waals surface area contributed by atoms with Crippen LogP contribution in [-0.4, -0.2) is 25.8 Å². The van der Waals surface area contributed by atoms with Crippen LogP contribution in [-0.2, 0) is 7.05 Å². The van der Waals surface area contributed by atoms with Crippen molar-refractivity contribution in [1.82, 2.24) is 14.8 Å². The van der Waals surface area contributed by atoms with Gasteiger partial charge in [0.1, 0.15) is 12.1 Å². The van der Waals surface area contributed by atoms with E-state index in [1.54, 1.807) is 19.2 Å². The highest BCUT2D eigenvalue weighted by Crippen LogP contribution is 2.25. The van der Waals surface area contributed by atoms with Gasteiger partial charge in [0.05, 0.1) is 5.56 Å². The van der Waals surface area contributed by atoms with E-state index in [9.17, 15) is 4.79 Å². The summed E-state index contributed by atoms with van der Waals surface area (Å²) in [7, 11) is 1.73. The predicted molar refractivity (Wildman–Crippen MR) is 62.2 cm³/mol. The average Bonchev–Trinajstić information content (AvgIpc) is 2.63. The molecule has 1 N–H and O–H groups in total. The number of aromatic nitrogens is 3. The Bertz CT molecular complexity index is 568. The first-order valence-electron chi connectivity index (χ1n) is 4.62. The van der Waals surface area contributed by atoms with Gasteiger partial charge < -0.3 is 9.84 Å². The molecule has 0 atom stereocenters. The van der Waals surface area contributed by atoms with E-state index in [1.165, 1.54) is 17.1 Å². The van der Waals surface area contributed by atoms with E-state index < -0.39 is 5.97 Å². The fourth-order valence-electron chi connectivity index (χ4n) is 1.20. The van der Waals surface area contributed by atoms with E-state index in [1.807, 2.05) is 0 Å². The summed E-state index contributed by atoms with van der Waals surface area (Å²) < 4.78 is 7.30. The molecule has 0 radical (unpaired) electrons. The van der Waals surface area contributed by atoms with Crippen LogP contribution in [0.15, 0.2) is 29.0 Å². The molecular formula is C10H8BrN3O3. The highest BCUT2D eigenvalue weighted by molar-refractivity contribution is 9.10. The van der Waals surface area contributed by atoms with Crippen LogP contribution in [0.4, 0.5) is 0 Å². The highest BCUT2D eigenvalue weighted by atomic mass is 79.9. The van der Waals surface area contributed by atoms with Crippen molar-refractivity contribution in [1.29, 1.82) is 0 Å². The second kappa shape index (κ2) is 4.54. The zero-order valence-electron chi connectivity index (χ0n) is 8.79. The number of aryl methyl sites for hydroxylation is 1. The zero-order chi connectivity index (χ0) is 12.4. The molecule has 0 spiro atoms. The molecule has 88 valence electrons. The number of aromatic carboxylic acids is 1. The minimum absolute atomic E-state index is 0.173. The lowest BCUT2D eigenvalue weighted by Crippen LogP contribution is -1.97. The standard InChI is InChI=1S/C10H8BrN3O3/c1-14-5-12-10(13-14)17-6-2-3-7(9(15)16)8(11)4-6/h2-5H,1H3,(H,15,16). The summed E-state index contributed by atoms with van der Waals surface area (Å²) in [5.41, 5.74) is 0.173. The topological polar surface area (TPSA) is 77.2 Å². The second-order valence-corrected chi connectivity index (χ2v) is 4.10. The summed E-state index contributed by atoms with van der Waals surface area (Å²) in [6, 6.07) is 4.76. The molecule has 0 saturated carbocycles. The zero-order valence-corrected chi connectivity index (χ0v) is 10.4. The first-order chi connectivity index (χ1) is 8.06. The van der Waals surface area contributed by atoms with Crippen molar-refractivity contribution in [2.75, 3.05) is 0 Å². The molecule has 0 bridgehead atoms. The van der Waals surface area contributed by atoms with Crippen LogP contribution >= 0.6 is 15.9 Å². The lowest BCUT2D eigenvalue weighted by molar-refractivity contribution is 0.0696. The van der Waals surface area contributed by atoms with E-state index in [4.69, 9.17) is 9.84 Å². The van der Waals surface area contributed by atoms with Gasteiger partial charge in [0.2, 0.25) is 0 Å². The largest absolute Gasteiger partial charge is 0.478 e. The van der Waals surface area contributed by atoms with Crippen LogP contribution in [0.2, 0.25) is 0 Å². The van der Waals surface area contributed by atoms with Crippen LogP contribution in [0.25, 0.3) is 0 Å². The van der Waals surface area contributed by atoms with Crippen molar-refractivity contribution in [2.24, 2.45) is 7.05 Å². The number of hydrogen-bond acceptors (Lipinski definition) is 4. The van der Waals surface area contributed by atoms with Crippen LogP contribution in [0, 0.1) is 0 Å². The van der Waals surface area contributed by atoms with Crippen molar-refractivity contribution in [3.05, 3.63) is 34.6 Å². The fraction of sp³-hybridized carbons (Fsp3) is 0.100. The van der Waals surface area contributed by atoms with Crippen molar-refractivity contribution >= 4 is 21.9 Å². The van der Waals surface area contributed by atoms with E-state index in [0.717, 1.165) is 0 Å². The number of ether oxygens (including phenoxy) is 1. The van der Waals surface area contributed by atoms with Gasteiger partial charge >= 0.3 is 12.0 Å². The Labute approximate surface area is 105 Å². The maximum Gasteiger partial charge on any atom is 0.340 e. The SMILES string of the molecule is Cn1cnc(Oc2ccc(C(=O)O)c(Br)c2)n1. The maximum atomic E-state index is 10.8. The Hall–Kier alpha value is -1.89. The molecule has 17 heavy (non-hydrogen) atoms. The molecule has 1 aromatic heterocycles. The van der Waals surface area contributed by atoms with Crippen molar-refractivity contribution in [2.45, 2.75) is 0 Å². The maximum absolute atomic E-state index is 10.8. The Morgan fingerprint density at radius 2 is 2.29 bits per heavy atom. The predicted octanol–water partition coefficient (Wildman–Crippen LogP) is 2.07. The van der Waals surface area contributed by atoms with Gasteiger partial charge in [-0.15, -0.1) is 5.10 Å². The lowest BCUT2D eigenvalue weighted by Gasteiger charge is -2.03. The fourth-order valence-corrected chi connectivity index (χ4v) is 1.73. The molecular weight excluding hydrogens is 290 g/mol. The lowest BCUT2D eigenvalue weighted by atomic mass is 10.2. The van der Waals surface area contributed by atoms with Gasteiger partial charge in [-0.25, -0.2) is 4.79 Å². The Morgan fingerprint density at radius 3 is 2.82 bits per heavy atom. The normalized spacial score (nSPS) is 10.2. The van der Waals surface area contributed by atoms with Gasteiger partial charge in [-0.1, -0.05) is 0 Å². The Balaban J connectivity index is 2.23. The Morgan fingerprint density at radius 1 is 1.53 bits per heavy atom. The smallest absolute Gasteiger partial charge is 0.340 e. The number of rotatable bonds is 3. The molecule has 6 nitrogen and oxygen atoms in total. The number of carboxylic acid groups (broad SMARTS) is 1. The third kappa shape index (κ3) is 2.62. The summed E-state index contributed by atoms with van der Waals surface area (Å²) in [5, 5.41) is 12.8.